The van der Waals surface area contributed by atoms with Gasteiger partial charge in [-0.3, -0.25) is 24.0 Å². The smallest absolute Gasteiger partial charge is 0.311 e. The Kier molecular flexibility index (Phi) is 24.9. The van der Waals surface area contributed by atoms with Gasteiger partial charge in [0.25, 0.3) is 5.91 Å². The van der Waals surface area contributed by atoms with Crippen molar-refractivity contribution in [1.29, 1.82) is 15.8 Å². The molecule has 3 atom stereocenters. The van der Waals surface area contributed by atoms with Crippen LogP contribution < -0.4 is 23.8 Å². The number of fused-ring (bicyclic) bond motifs is 4. The lowest BCUT2D eigenvalue weighted by atomic mass is 9.94. The molecule has 0 radical (unpaired) electrons. The van der Waals surface area contributed by atoms with Gasteiger partial charge in [-0.05, 0) is 99.8 Å². The van der Waals surface area contributed by atoms with E-state index in [9.17, 15) is 39.8 Å². The second-order valence-electron chi connectivity index (χ2n) is 23.9. The molecule has 0 aliphatic carbocycles. The first-order chi connectivity index (χ1) is 46.3. The van der Waals surface area contributed by atoms with Crippen molar-refractivity contribution in [3.63, 3.8) is 0 Å². The van der Waals surface area contributed by atoms with Crippen molar-refractivity contribution in [2.75, 3.05) is 44.4 Å². The summed E-state index contributed by atoms with van der Waals surface area (Å²) in [6.45, 7) is 9.67. The number of hydrogen-bond acceptors (Lipinski definition) is 15. The average molecular weight is 1280 g/mol. The summed E-state index contributed by atoms with van der Waals surface area (Å²) in [5.74, 6) is -1.63. The molecule has 488 valence electrons. The first-order valence-corrected chi connectivity index (χ1v) is 33.1. The monoisotopic (exact) mass is 1280 g/mol. The summed E-state index contributed by atoms with van der Waals surface area (Å²) in [6, 6.07) is 52.3. The molecule has 8 aromatic carbocycles. The van der Waals surface area contributed by atoms with Crippen LogP contribution in [-0.2, 0) is 40.0 Å². The fourth-order valence-corrected chi connectivity index (χ4v) is 11.9. The number of esters is 4. The summed E-state index contributed by atoms with van der Waals surface area (Å²) in [4.78, 5) is 71.1. The van der Waals surface area contributed by atoms with Crippen LogP contribution in [0.4, 0.5) is 5.69 Å². The fraction of sp³-hybridized carbons (Fsp3) is 0.342. The van der Waals surface area contributed by atoms with Gasteiger partial charge in [-0.25, -0.2) is 0 Å². The van der Waals surface area contributed by atoms with E-state index in [-0.39, 0.29) is 69.7 Å². The minimum atomic E-state index is -1.36. The first-order valence-electron chi connectivity index (χ1n) is 33.1. The zero-order valence-corrected chi connectivity index (χ0v) is 54.6. The molecule has 0 spiro atoms. The highest BCUT2D eigenvalue weighted by molar-refractivity contribution is 6.08. The number of anilines is 1. The minimum Gasteiger partial charge on any atom is -0.493 e. The van der Waals surface area contributed by atoms with Crippen LogP contribution in [-0.4, -0.2) is 80.2 Å². The van der Waals surface area contributed by atoms with Crippen molar-refractivity contribution in [1.82, 2.24) is 4.90 Å². The van der Waals surface area contributed by atoms with Gasteiger partial charge in [-0.2, -0.15) is 15.8 Å². The summed E-state index contributed by atoms with van der Waals surface area (Å²) in [6.07, 6.45) is 10.6. The van der Waals surface area contributed by atoms with Crippen molar-refractivity contribution in [3.8, 4) is 41.2 Å². The Morgan fingerprint density at radius 2 is 0.979 bits per heavy atom. The van der Waals surface area contributed by atoms with Crippen LogP contribution >= 0.6 is 0 Å². The van der Waals surface area contributed by atoms with E-state index in [1.165, 1.54) is 11.0 Å². The van der Waals surface area contributed by atoms with Gasteiger partial charge >= 0.3 is 23.9 Å². The predicted octanol–water partition coefficient (Wildman–Crippen LogP) is 16.1. The normalized spacial score (nSPS) is 13.6. The SMILES string of the molecule is CCCCC(CC)COc1cc(CN2C(=O)C(/C=C/c3ccc(N(CCOC(=O)CCC(=O)Oc4c5ccccc5cc5ccccc45)CCOC(=O)CCC(=O)Oc4c5ccccc5cc5ccccc45)cc3)=C(C#N)C2C(C#N)C#N)cc(OCC(CC)CCCC)c1. The predicted molar refractivity (Wildman–Crippen MR) is 368 cm³/mol. The van der Waals surface area contributed by atoms with Crippen molar-refractivity contribution < 1.29 is 52.4 Å². The molecule has 9 rings (SSSR count). The molecular weight excluding hydrogens is 1190 g/mol. The molecule has 16 nitrogen and oxygen atoms in total. The number of unbranched alkanes of at least 4 members (excludes halogenated alkanes) is 2. The van der Waals surface area contributed by atoms with E-state index in [2.05, 4.69) is 33.8 Å². The molecule has 1 amide bonds. The zero-order valence-electron chi connectivity index (χ0n) is 54.6. The lowest BCUT2D eigenvalue weighted by molar-refractivity contribution is -0.146. The number of benzene rings is 8. The van der Waals surface area contributed by atoms with E-state index >= 15 is 0 Å². The lowest BCUT2D eigenvalue weighted by Gasteiger charge is -2.27. The van der Waals surface area contributed by atoms with E-state index in [0.29, 0.717) is 64.9 Å². The number of ether oxygens (including phenoxy) is 6. The number of hydrogen-bond donors (Lipinski definition) is 0. The van der Waals surface area contributed by atoms with Crippen LogP contribution in [0.2, 0.25) is 0 Å². The van der Waals surface area contributed by atoms with Gasteiger partial charge in [-0.15, -0.1) is 0 Å². The van der Waals surface area contributed by atoms with Crippen molar-refractivity contribution in [2.45, 2.75) is 117 Å². The van der Waals surface area contributed by atoms with E-state index < -0.39 is 41.7 Å². The molecule has 0 bridgehead atoms. The molecule has 1 aliphatic rings. The summed E-state index contributed by atoms with van der Waals surface area (Å²) < 4.78 is 36.1. The third kappa shape index (κ3) is 18.2. The van der Waals surface area contributed by atoms with Crippen LogP contribution in [0.5, 0.6) is 23.0 Å². The second kappa shape index (κ2) is 34.4. The average Bonchev–Trinajstić information content (AvgIpc) is 1.76. The summed E-state index contributed by atoms with van der Waals surface area (Å²) >= 11 is 0. The first kappa shape index (κ1) is 68.9. The third-order valence-electron chi connectivity index (χ3n) is 17.4. The van der Waals surface area contributed by atoms with Crippen LogP contribution in [0.1, 0.15) is 116 Å². The summed E-state index contributed by atoms with van der Waals surface area (Å²) in [7, 11) is 0. The molecule has 0 saturated carbocycles. The Labute approximate surface area is 555 Å². The van der Waals surface area contributed by atoms with Gasteiger partial charge in [0.2, 0.25) is 0 Å². The number of carbonyl (C=O) groups is 5. The lowest BCUT2D eigenvalue weighted by Crippen LogP contribution is -2.39. The topological polar surface area (TPSA) is 219 Å². The van der Waals surface area contributed by atoms with Crippen LogP contribution in [0, 0.1) is 51.7 Å². The van der Waals surface area contributed by atoms with E-state index in [1.807, 2.05) is 144 Å². The highest BCUT2D eigenvalue weighted by Gasteiger charge is 2.43. The zero-order chi connectivity index (χ0) is 67.1. The van der Waals surface area contributed by atoms with Crippen molar-refractivity contribution >= 4 is 84.6 Å². The van der Waals surface area contributed by atoms with Gasteiger partial charge in [-0.1, -0.05) is 181 Å². The van der Waals surface area contributed by atoms with Crippen molar-refractivity contribution in [2.24, 2.45) is 17.8 Å². The minimum absolute atomic E-state index is 0.0100. The molecule has 1 aliphatic heterocycles. The van der Waals surface area contributed by atoms with Gasteiger partial charge in [0.1, 0.15) is 36.2 Å². The van der Waals surface area contributed by atoms with Crippen LogP contribution in [0.3, 0.4) is 0 Å². The molecule has 16 heteroatoms. The standard InChI is InChI=1S/C79H81N5O11/c1-5-9-19-54(7-3)52-92-64-43-57(44-65(47-64)93-53-55(8-4)20-10-6-2)51-84-76(62(48-80)49-81)71(50-82)70(79(84)89)34-31-56-29-32-63(33-30-56)83(39-41-90-72(85)35-37-74(87)94-77-66-25-15-11-21-58(66)45-59-22-12-16-26-67(59)77)40-42-91-73(86)36-38-75(88)95-78-68-27-17-13-23-60(68)46-61-24-14-18-28-69(61)78/h11-18,21-34,43-47,54-55,62,76H,5-10,19-20,35-42,51-53H2,1-4H3/b34-31+. The molecular formula is C79H81N5O11. The number of rotatable bonds is 34. The maximum absolute atomic E-state index is 14.7. The molecule has 0 aromatic heterocycles. The van der Waals surface area contributed by atoms with E-state index in [4.69, 9.17) is 28.4 Å². The Bertz CT molecular complexity index is 3920. The number of amides is 1. The molecule has 1 heterocycles. The maximum atomic E-state index is 14.7. The highest BCUT2D eigenvalue weighted by Crippen LogP contribution is 2.39. The fourth-order valence-electron chi connectivity index (χ4n) is 11.9. The summed E-state index contributed by atoms with van der Waals surface area (Å²) in [5, 5.41) is 38.0. The quantitative estimate of drug-likeness (QED) is 0.0208. The Morgan fingerprint density at radius 3 is 1.39 bits per heavy atom. The molecule has 8 aromatic rings. The molecule has 0 N–H and O–H groups in total. The second-order valence-corrected chi connectivity index (χ2v) is 23.9. The van der Waals surface area contributed by atoms with E-state index in [0.717, 1.165) is 94.5 Å². The maximum Gasteiger partial charge on any atom is 0.311 e. The molecule has 3 unspecified atom stereocenters. The molecule has 0 saturated heterocycles. The molecule has 0 fully saturated rings. The number of nitrogens with zero attached hydrogens (tertiary/aromatic N) is 5. The van der Waals surface area contributed by atoms with Gasteiger partial charge in [0.15, 0.2) is 5.92 Å². The van der Waals surface area contributed by atoms with Gasteiger partial charge < -0.3 is 38.2 Å². The molecule has 95 heavy (non-hydrogen) atoms. The van der Waals surface area contributed by atoms with Crippen molar-refractivity contribution in [3.05, 3.63) is 180 Å². The van der Waals surface area contributed by atoms with Gasteiger partial charge in [0.05, 0.1) is 87.4 Å². The van der Waals surface area contributed by atoms with Gasteiger partial charge in [0, 0.05) is 39.8 Å². The number of nitriles is 3. The third-order valence-corrected chi connectivity index (χ3v) is 17.4. The summed E-state index contributed by atoms with van der Waals surface area (Å²) in [5.41, 5.74) is 1.95. The van der Waals surface area contributed by atoms with E-state index in [1.54, 1.807) is 30.3 Å². The largest absolute Gasteiger partial charge is 0.493 e. The van der Waals surface area contributed by atoms with Crippen LogP contribution in [0.15, 0.2) is 169 Å². The Morgan fingerprint density at radius 1 is 0.547 bits per heavy atom. The highest BCUT2D eigenvalue weighted by atomic mass is 16.6. The van der Waals surface area contributed by atoms with Crippen LogP contribution in [0.25, 0.3) is 49.2 Å². The Balaban J connectivity index is 0.885. The Hall–Kier alpha value is -10.5. The number of carbonyl (C=O) groups excluding carboxylic acids is 5.